The van der Waals surface area contributed by atoms with Crippen LogP contribution in [0.15, 0.2) is 19.0 Å². The molecule has 2 saturated heterocycles. The van der Waals surface area contributed by atoms with Gasteiger partial charge in [0.25, 0.3) is 0 Å². The smallest absolute Gasteiger partial charge is 0.213 e. The standard InChI is InChI=1S/C15H24N6O6S.C14H22N6O4/c1-8-19-13(17-4-5-28(24,25)16-2)10-14(20-8)21(7-18-10)15-12(23)11(22)9(27-15)6-26-3;1-23-5-8-10(21)11(22)14(24-8)20-7-19-9-12(16-4-2-3-15)17-6-18-13(9)20/h7,9,11-12,15-16,22-23H,4-6H2,1-3H3,(H,17,19,20);6-8,10-11,14,21-22H,2-5,15H2,1H3,(H,16,17,18)/t9-,11-,12-,15-;8-,10-,11-,14-/m11/s1. The fourth-order valence-corrected chi connectivity index (χ4v) is 6.31. The third-order valence-corrected chi connectivity index (χ3v) is 9.79. The predicted octanol–water partition coefficient (Wildman–Crippen LogP) is -2.79. The van der Waals surface area contributed by atoms with E-state index in [1.54, 1.807) is 11.5 Å². The largest absolute Gasteiger partial charge is 0.387 e. The van der Waals surface area contributed by atoms with E-state index in [2.05, 4.69) is 45.3 Å². The molecule has 6 rings (SSSR count). The molecule has 23 heteroatoms. The number of aryl methyl sites for hydroxylation is 1. The first-order valence-electron chi connectivity index (χ1n) is 16.4. The summed E-state index contributed by atoms with van der Waals surface area (Å²) in [6, 6.07) is 0. The van der Waals surface area contributed by atoms with Gasteiger partial charge in [-0.1, -0.05) is 0 Å². The van der Waals surface area contributed by atoms with Crippen molar-refractivity contribution < 1.29 is 47.8 Å². The molecule has 2 fully saturated rings. The van der Waals surface area contributed by atoms with Crippen molar-refractivity contribution in [3.05, 3.63) is 24.8 Å². The molecular weight excluding hydrogens is 708 g/mol. The Morgan fingerprint density at radius 3 is 1.92 bits per heavy atom. The molecule has 288 valence electrons. The first kappa shape index (κ1) is 39.5. The molecule has 0 aliphatic carbocycles. The van der Waals surface area contributed by atoms with Crippen molar-refractivity contribution in [2.75, 3.05) is 70.5 Å². The van der Waals surface area contributed by atoms with Gasteiger partial charge in [0.1, 0.15) is 48.8 Å². The van der Waals surface area contributed by atoms with Crippen molar-refractivity contribution in [1.29, 1.82) is 0 Å². The number of nitrogens with zero attached hydrogens (tertiary/aromatic N) is 8. The zero-order chi connectivity index (χ0) is 37.6. The van der Waals surface area contributed by atoms with Gasteiger partial charge in [-0.25, -0.2) is 43.0 Å². The fraction of sp³-hybridized carbons (Fsp3) is 0.655. The van der Waals surface area contributed by atoms with E-state index in [9.17, 15) is 28.8 Å². The van der Waals surface area contributed by atoms with Crippen LogP contribution in [0.25, 0.3) is 22.3 Å². The van der Waals surface area contributed by atoms with Gasteiger partial charge < -0.3 is 55.7 Å². The van der Waals surface area contributed by atoms with Crippen LogP contribution in [-0.2, 0) is 29.0 Å². The lowest BCUT2D eigenvalue weighted by Gasteiger charge is -2.17. The lowest BCUT2D eigenvalue weighted by atomic mass is 10.1. The van der Waals surface area contributed by atoms with Crippen LogP contribution >= 0.6 is 0 Å². The third kappa shape index (κ3) is 8.55. The molecule has 4 aromatic heterocycles. The third-order valence-electron chi connectivity index (χ3n) is 8.42. The van der Waals surface area contributed by atoms with Gasteiger partial charge in [0, 0.05) is 27.3 Å². The van der Waals surface area contributed by atoms with Crippen LogP contribution in [0.5, 0.6) is 0 Å². The van der Waals surface area contributed by atoms with E-state index < -0.39 is 59.1 Å². The molecule has 6 heterocycles. The van der Waals surface area contributed by atoms with Crippen LogP contribution in [0.3, 0.4) is 0 Å². The van der Waals surface area contributed by atoms with Crippen molar-refractivity contribution in [3.63, 3.8) is 0 Å². The predicted molar refractivity (Wildman–Crippen MR) is 184 cm³/mol. The van der Waals surface area contributed by atoms with E-state index >= 15 is 0 Å². The Labute approximate surface area is 298 Å². The number of aromatic nitrogens is 8. The van der Waals surface area contributed by atoms with Crippen LogP contribution in [0.2, 0.25) is 0 Å². The maximum atomic E-state index is 11.6. The van der Waals surface area contributed by atoms with Crippen LogP contribution in [-0.4, -0.2) is 164 Å². The Morgan fingerprint density at radius 2 is 1.37 bits per heavy atom. The van der Waals surface area contributed by atoms with Gasteiger partial charge in [-0.2, -0.15) is 0 Å². The Morgan fingerprint density at radius 1 is 0.808 bits per heavy atom. The second kappa shape index (κ2) is 17.4. The molecule has 2 aliphatic rings. The fourth-order valence-electron chi connectivity index (χ4n) is 5.74. The number of imidazole rings is 2. The average molecular weight is 755 g/mol. The van der Waals surface area contributed by atoms with Crippen LogP contribution in [0.1, 0.15) is 24.7 Å². The number of fused-ring (bicyclic) bond motifs is 2. The summed E-state index contributed by atoms with van der Waals surface area (Å²) in [5.74, 6) is 1.25. The molecule has 0 unspecified atom stereocenters. The van der Waals surface area contributed by atoms with Gasteiger partial charge in [-0.15, -0.1) is 0 Å². The number of aliphatic hydroxyl groups is 4. The van der Waals surface area contributed by atoms with E-state index in [0.29, 0.717) is 52.9 Å². The van der Waals surface area contributed by atoms with Gasteiger partial charge in [-0.3, -0.25) is 9.13 Å². The summed E-state index contributed by atoms with van der Waals surface area (Å²) in [6.07, 6.45) is -2.28. The van der Waals surface area contributed by atoms with Crippen LogP contribution in [0, 0.1) is 6.92 Å². The summed E-state index contributed by atoms with van der Waals surface area (Å²) in [5, 5.41) is 47.0. The van der Waals surface area contributed by atoms with E-state index in [-0.39, 0.29) is 25.5 Å². The Hall–Kier alpha value is -3.75. The number of nitrogens with two attached hydrogens (primary N) is 1. The van der Waals surface area contributed by atoms with Gasteiger partial charge >= 0.3 is 0 Å². The Kier molecular flexibility index (Phi) is 13.2. The molecule has 0 bridgehead atoms. The number of anilines is 2. The van der Waals surface area contributed by atoms with Crippen LogP contribution in [0.4, 0.5) is 11.6 Å². The molecular formula is C29H46N12O10S. The highest BCUT2D eigenvalue weighted by atomic mass is 32.2. The summed E-state index contributed by atoms with van der Waals surface area (Å²) in [6.45, 7) is 3.37. The summed E-state index contributed by atoms with van der Waals surface area (Å²) in [4.78, 5) is 25.6. The van der Waals surface area contributed by atoms with E-state index in [0.717, 1.165) is 6.42 Å². The maximum Gasteiger partial charge on any atom is 0.213 e. The van der Waals surface area contributed by atoms with Crippen molar-refractivity contribution in [3.8, 4) is 0 Å². The van der Waals surface area contributed by atoms with Crippen molar-refractivity contribution >= 4 is 44.0 Å². The molecule has 8 atom stereocenters. The zero-order valence-electron chi connectivity index (χ0n) is 29.1. The number of hydrogen-bond acceptors (Lipinski definition) is 19. The molecule has 0 radical (unpaired) electrons. The number of ether oxygens (including phenoxy) is 4. The highest BCUT2D eigenvalue weighted by Gasteiger charge is 2.45. The topological polar surface area (TPSA) is 301 Å². The molecule has 22 nitrogen and oxygen atoms in total. The second-order valence-electron chi connectivity index (χ2n) is 12.0. The Balaban J connectivity index is 0.000000203. The van der Waals surface area contributed by atoms with E-state index in [4.69, 9.17) is 24.7 Å². The monoisotopic (exact) mass is 754 g/mol. The number of hydrogen-bond donors (Lipinski definition) is 8. The highest BCUT2D eigenvalue weighted by molar-refractivity contribution is 7.89. The SMILES string of the molecule is CNS(=O)(=O)CCNc1nc(C)nc2c1ncn2[C@@H]1O[C@H](COC)[C@@H](O)[C@H]1O.COC[C@H]1O[C@@H](n2cnc3c(NCCCN)ncnc32)[C@H](O)[C@@H]1O. The minimum absolute atomic E-state index is 0.124. The zero-order valence-corrected chi connectivity index (χ0v) is 29.9. The van der Waals surface area contributed by atoms with Gasteiger partial charge in [0.05, 0.1) is 31.6 Å². The second-order valence-corrected chi connectivity index (χ2v) is 14.1. The van der Waals surface area contributed by atoms with Gasteiger partial charge in [-0.05, 0) is 26.9 Å². The average Bonchev–Trinajstić information content (AvgIpc) is 3.88. The minimum atomic E-state index is -3.36. The molecule has 0 spiro atoms. The Bertz CT molecular complexity index is 1880. The summed E-state index contributed by atoms with van der Waals surface area (Å²) >= 11 is 0. The first-order valence-corrected chi connectivity index (χ1v) is 18.1. The molecule has 9 N–H and O–H groups in total. The van der Waals surface area contributed by atoms with Crippen molar-refractivity contribution in [1.82, 2.24) is 43.8 Å². The summed E-state index contributed by atoms with van der Waals surface area (Å²) < 4.78 is 49.9. The quantitative estimate of drug-likeness (QED) is 0.0569. The van der Waals surface area contributed by atoms with Crippen LogP contribution < -0.4 is 21.1 Å². The molecule has 4 aromatic rings. The normalized spacial score (nSPS) is 26.2. The molecule has 52 heavy (non-hydrogen) atoms. The molecule has 2 aliphatic heterocycles. The highest BCUT2D eigenvalue weighted by Crippen LogP contribution is 2.34. The molecule has 0 amide bonds. The number of methoxy groups -OCH3 is 2. The lowest BCUT2D eigenvalue weighted by Crippen LogP contribution is -2.33. The van der Waals surface area contributed by atoms with Crippen molar-refractivity contribution in [2.24, 2.45) is 5.73 Å². The number of nitrogens with one attached hydrogen (secondary N) is 3. The lowest BCUT2D eigenvalue weighted by molar-refractivity contribution is -0.0580. The number of aliphatic hydroxyl groups excluding tert-OH is 4. The van der Waals surface area contributed by atoms with E-state index in [1.165, 1.54) is 44.8 Å². The molecule has 0 aromatic carbocycles. The number of sulfonamides is 1. The first-order chi connectivity index (χ1) is 24.9. The minimum Gasteiger partial charge on any atom is -0.387 e. The maximum absolute atomic E-state index is 11.6. The van der Waals surface area contributed by atoms with Crippen molar-refractivity contribution in [2.45, 2.75) is 62.4 Å². The summed E-state index contributed by atoms with van der Waals surface area (Å²) in [7, 11) is 0.975. The van der Waals surface area contributed by atoms with Gasteiger partial charge in [0.15, 0.2) is 46.4 Å². The number of rotatable bonds is 15. The van der Waals surface area contributed by atoms with E-state index in [1.807, 2.05) is 0 Å². The summed E-state index contributed by atoms with van der Waals surface area (Å²) in [5.41, 5.74) is 7.35. The molecule has 0 saturated carbocycles. The van der Waals surface area contributed by atoms with Gasteiger partial charge in [0.2, 0.25) is 10.0 Å².